The molecular formula is C33H41N5O9S. The summed E-state index contributed by atoms with van der Waals surface area (Å²) in [5.74, 6) is -1.27. The van der Waals surface area contributed by atoms with E-state index in [0.29, 0.717) is 34.6 Å². The van der Waals surface area contributed by atoms with E-state index < -0.39 is 28.4 Å². The van der Waals surface area contributed by atoms with Crippen molar-refractivity contribution in [1.29, 1.82) is 0 Å². The number of aliphatic hydroxyl groups excluding tert-OH is 1. The Hall–Kier alpha value is -4.64. The molecule has 0 unspecified atom stereocenters. The minimum absolute atomic E-state index is 0. The number of rotatable bonds is 9. The maximum atomic E-state index is 13.2. The predicted molar refractivity (Wildman–Crippen MR) is 184 cm³/mol. The number of hydrogen-bond acceptors (Lipinski definition) is 10. The molecule has 0 aromatic heterocycles. The van der Waals surface area contributed by atoms with Crippen LogP contribution in [0.4, 0.5) is 17.1 Å². The lowest BCUT2D eigenvalue weighted by atomic mass is 9.99. The summed E-state index contributed by atoms with van der Waals surface area (Å²) >= 11 is 0. The minimum atomic E-state index is -3.92. The van der Waals surface area contributed by atoms with Gasteiger partial charge in [-0.1, -0.05) is 36.4 Å². The van der Waals surface area contributed by atoms with Crippen molar-refractivity contribution in [2.45, 2.75) is 0 Å². The van der Waals surface area contributed by atoms with Gasteiger partial charge in [0, 0.05) is 50.2 Å². The molecule has 0 atom stereocenters. The van der Waals surface area contributed by atoms with E-state index >= 15 is 0 Å². The highest BCUT2D eigenvalue weighted by Crippen LogP contribution is 2.38. The Labute approximate surface area is 279 Å². The number of benzene rings is 3. The van der Waals surface area contributed by atoms with Crippen LogP contribution in [0.15, 0.2) is 72.8 Å². The molecule has 2 aliphatic rings. The summed E-state index contributed by atoms with van der Waals surface area (Å²) in [6.45, 7) is 3.56. The number of carbonyl (C=O) groups excluding carboxylic acids is 3. The number of anilines is 3. The van der Waals surface area contributed by atoms with Crippen LogP contribution in [0.3, 0.4) is 0 Å². The Kier molecular flexibility index (Phi) is 13.4. The van der Waals surface area contributed by atoms with Gasteiger partial charge in [-0.2, -0.15) is 8.42 Å². The second-order valence-electron chi connectivity index (χ2n) is 11.0. The summed E-state index contributed by atoms with van der Waals surface area (Å²) in [5, 5.41) is 14.2. The van der Waals surface area contributed by atoms with E-state index in [1.807, 2.05) is 54.6 Å². The average Bonchev–Trinajstić information content (AvgIpc) is 3.38. The normalized spacial score (nSPS) is 15.6. The zero-order chi connectivity index (χ0) is 34.1. The fourth-order valence-corrected chi connectivity index (χ4v) is 5.26. The summed E-state index contributed by atoms with van der Waals surface area (Å²) in [4.78, 5) is 44.3. The minimum Gasteiger partial charge on any atom is -0.465 e. The van der Waals surface area contributed by atoms with Gasteiger partial charge in [0.15, 0.2) is 0 Å². The van der Waals surface area contributed by atoms with Gasteiger partial charge in [-0.05, 0) is 49.0 Å². The summed E-state index contributed by atoms with van der Waals surface area (Å²) < 4.78 is 31.9. The third-order valence-corrected chi connectivity index (χ3v) is 8.40. The van der Waals surface area contributed by atoms with Crippen molar-refractivity contribution in [3.05, 3.63) is 89.5 Å². The Balaban J connectivity index is 0.000000706. The van der Waals surface area contributed by atoms with Crippen LogP contribution in [0.2, 0.25) is 0 Å². The first kappa shape index (κ1) is 37.8. The molecule has 0 saturated carbocycles. The number of carbonyl (C=O) groups is 3. The standard InChI is InChI=1S/C31H33N5O4.C2H6O4S.H2O/c1-34-15-17-36(18-16-34)20-27(37)35(2)24-12-10-23(11-13-24)32-29(21-7-5-4-6-8-21)28-25-14-9-22(31(39)40-3)19-26(25)33-30(28)38;3-1-2-7(4,5)6;/h4-14,19,32H,15-18,20H2,1-3H3,(H,33,38);3H,1-2H2,(H,4,5,6);1H2. The zero-order valence-electron chi connectivity index (χ0n) is 27.0. The molecule has 3 aromatic rings. The number of likely N-dealkylation sites (N-methyl/N-ethyl adjacent to an activating group) is 2. The first-order valence-electron chi connectivity index (χ1n) is 14.8. The molecule has 2 amide bonds. The largest absolute Gasteiger partial charge is 0.465 e. The number of nitrogens with zero attached hydrogens (tertiary/aromatic N) is 3. The van der Waals surface area contributed by atoms with Crippen LogP contribution in [0.1, 0.15) is 21.5 Å². The lowest BCUT2D eigenvalue weighted by Crippen LogP contribution is -2.48. The fraction of sp³-hybridized carbons (Fsp3) is 0.303. The van der Waals surface area contributed by atoms with Gasteiger partial charge in [-0.15, -0.1) is 0 Å². The molecule has 1 saturated heterocycles. The van der Waals surface area contributed by atoms with Crippen molar-refractivity contribution in [2.75, 3.05) is 81.8 Å². The summed E-state index contributed by atoms with van der Waals surface area (Å²) in [6, 6.07) is 22.2. The molecular weight excluding hydrogens is 642 g/mol. The van der Waals surface area contributed by atoms with Gasteiger partial charge < -0.3 is 35.8 Å². The number of nitrogens with one attached hydrogen (secondary N) is 2. The number of aliphatic hydroxyl groups is 1. The molecule has 0 radical (unpaired) electrons. The molecule has 258 valence electrons. The van der Waals surface area contributed by atoms with Crippen molar-refractivity contribution in [1.82, 2.24) is 9.80 Å². The lowest BCUT2D eigenvalue weighted by molar-refractivity contribution is -0.119. The van der Waals surface area contributed by atoms with E-state index in [2.05, 4.69) is 27.5 Å². The number of methoxy groups -OCH3 is 1. The number of fused-ring (bicyclic) bond motifs is 1. The molecule has 3 aromatic carbocycles. The molecule has 6 N–H and O–H groups in total. The maximum absolute atomic E-state index is 13.2. The lowest BCUT2D eigenvalue weighted by Gasteiger charge is -2.32. The number of esters is 1. The van der Waals surface area contributed by atoms with Crippen LogP contribution in [0, 0.1) is 0 Å². The molecule has 14 nitrogen and oxygen atoms in total. The Morgan fingerprint density at radius 3 is 2.19 bits per heavy atom. The maximum Gasteiger partial charge on any atom is 0.337 e. The monoisotopic (exact) mass is 683 g/mol. The molecule has 0 bridgehead atoms. The number of ether oxygens (including phenoxy) is 1. The van der Waals surface area contributed by atoms with Gasteiger partial charge in [0.05, 0.1) is 48.5 Å². The predicted octanol–water partition coefficient (Wildman–Crippen LogP) is 1.66. The average molecular weight is 684 g/mol. The number of hydrogen-bond donors (Lipinski definition) is 4. The van der Waals surface area contributed by atoms with Crippen molar-refractivity contribution < 1.29 is 42.7 Å². The van der Waals surface area contributed by atoms with Crippen LogP contribution in [0.5, 0.6) is 0 Å². The molecule has 2 heterocycles. The quantitative estimate of drug-likeness (QED) is 0.145. The molecule has 5 rings (SSSR count). The van der Waals surface area contributed by atoms with Gasteiger partial charge in [-0.25, -0.2) is 4.79 Å². The van der Waals surface area contributed by atoms with Crippen molar-refractivity contribution in [2.24, 2.45) is 0 Å². The third kappa shape index (κ3) is 9.93. The van der Waals surface area contributed by atoms with Crippen molar-refractivity contribution in [3.8, 4) is 0 Å². The highest BCUT2D eigenvalue weighted by molar-refractivity contribution is 7.85. The summed E-state index contributed by atoms with van der Waals surface area (Å²) in [6.07, 6.45) is 0. The second-order valence-corrected chi connectivity index (χ2v) is 12.6. The SMILES string of the molecule is COC(=O)c1ccc2c(c1)NC(=O)C2=C(Nc1ccc(N(C)C(=O)CN2CCN(C)CC2)cc1)c1ccccc1.O.O=S(=O)(O)CCO. The van der Waals surface area contributed by atoms with Gasteiger partial charge >= 0.3 is 5.97 Å². The summed E-state index contributed by atoms with van der Waals surface area (Å²) in [7, 11) is 1.29. The van der Waals surface area contributed by atoms with Gasteiger partial charge in [-0.3, -0.25) is 19.0 Å². The molecule has 0 aliphatic carbocycles. The number of piperazine rings is 1. The number of amides is 2. The van der Waals surface area contributed by atoms with E-state index in [1.165, 1.54) is 7.11 Å². The van der Waals surface area contributed by atoms with E-state index in [9.17, 15) is 22.8 Å². The molecule has 0 spiro atoms. The Bertz CT molecular complexity index is 1720. The first-order chi connectivity index (χ1) is 22.4. The van der Waals surface area contributed by atoms with Gasteiger partial charge in [0.2, 0.25) is 5.91 Å². The van der Waals surface area contributed by atoms with Crippen molar-refractivity contribution >= 4 is 56.2 Å². The van der Waals surface area contributed by atoms with Crippen LogP contribution in [0.25, 0.3) is 11.3 Å². The zero-order valence-corrected chi connectivity index (χ0v) is 27.8. The van der Waals surface area contributed by atoms with Crippen LogP contribution < -0.4 is 15.5 Å². The topological polar surface area (TPSA) is 200 Å². The molecule has 48 heavy (non-hydrogen) atoms. The molecule has 15 heteroatoms. The summed E-state index contributed by atoms with van der Waals surface area (Å²) in [5.41, 5.74) is 5.10. The highest BCUT2D eigenvalue weighted by Gasteiger charge is 2.29. The van der Waals surface area contributed by atoms with Crippen molar-refractivity contribution in [3.63, 3.8) is 0 Å². The first-order valence-corrected chi connectivity index (χ1v) is 16.5. The van der Waals surface area contributed by atoms with Crippen LogP contribution in [-0.2, 0) is 24.4 Å². The Morgan fingerprint density at radius 1 is 0.979 bits per heavy atom. The smallest absolute Gasteiger partial charge is 0.337 e. The van der Waals surface area contributed by atoms with E-state index in [-0.39, 0.29) is 17.3 Å². The van der Waals surface area contributed by atoms with E-state index in [1.54, 1.807) is 30.1 Å². The van der Waals surface area contributed by atoms with E-state index in [4.69, 9.17) is 14.4 Å². The van der Waals surface area contributed by atoms with Crippen LogP contribution >= 0.6 is 0 Å². The highest BCUT2D eigenvalue weighted by atomic mass is 32.2. The Morgan fingerprint density at radius 2 is 1.62 bits per heavy atom. The van der Waals surface area contributed by atoms with E-state index in [0.717, 1.165) is 43.1 Å². The molecule has 2 aliphatic heterocycles. The van der Waals surface area contributed by atoms with Crippen LogP contribution in [-0.4, -0.2) is 117 Å². The van der Waals surface area contributed by atoms with Gasteiger partial charge in [0.25, 0.3) is 16.0 Å². The second kappa shape index (κ2) is 17.0. The van der Waals surface area contributed by atoms with Gasteiger partial charge in [0.1, 0.15) is 0 Å². The fourth-order valence-electron chi connectivity index (χ4n) is 5.03. The molecule has 1 fully saturated rings. The third-order valence-electron chi connectivity index (χ3n) is 7.70.